The molecule has 0 bridgehead atoms. The molecule has 0 amide bonds. The Hall–Kier alpha value is -0.860. The Labute approximate surface area is 91.5 Å². The molecule has 0 saturated carbocycles. The maximum atomic E-state index is 13.6. The highest BCUT2D eigenvalue weighted by molar-refractivity contribution is 5.70. The van der Waals surface area contributed by atoms with E-state index in [1.54, 1.807) is 27.7 Å². The zero-order chi connectivity index (χ0) is 12.0. The maximum absolute atomic E-state index is 13.6. The number of ether oxygens (including phenoxy) is 1. The van der Waals surface area contributed by atoms with Gasteiger partial charge in [0.05, 0.1) is 0 Å². The fourth-order valence-electron chi connectivity index (χ4n) is 1.20. The molecule has 1 atom stereocenters. The minimum absolute atomic E-state index is 0.0928. The molecule has 3 heteroatoms. The van der Waals surface area contributed by atoms with Crippen molar-refractivity contribution in [1.82, 2.24) is 0 Å². The van der Waals surface area contributed by atoms with E-state index in [9.17, 15) is 9.18 Å². The Balaban J connectivity index is 4.44. The van der Waals surface area contributed by atoms with Crippen LogP contribution >= 0.6 is 0 Å². The molecule has 0 aromatic heterocycles. The lowest BCUT2D eigenvalue weighted by Crippen LogP contribution is -2.14. The Kier molecular flexibility index (Phi) is 6.21. The molecule has 0 aliphatic carbocycles. The van der Waals surface area contributed by atoms with Gasteiger partial charge in [0.1, 0.15) is 11.9 Å². The van der Waals surface area contributed by atoms with Gasteiger partial charge in [0.25, 0.3) is 0 Å². The summed E-state index contributed by atoms with van der Waals surface area (Å²) >= 11 is 0. The monoisotopic (exact) mass is 216 g/mol. The van der Waals surface area contributed by atoms with E-state index in [-0.39, 0.29) is 11.9 Å². The molecule has 0 spiro atoms. The number of alkyl halides is 1. The Morgan fingerprint density at radius 1 is 1.33 bits per heavy atom. The van der Waals surface area contributed by atoms with Crippen LogP contribution in [0.5, 0.6) is 0 Å². The molecule has 88 valence electrons. The van der Waals surface area contributed by atoms with E-state index in [1.807, 2.05) is 6.92 Å². The van der Waals surface area contributed by atoms with Crippen LogP contribution in [-0.2, 0) is 9.53 Å². The highest BCUT2D eigenvalue weighted by Gasteiger charge is 2.17. The summed E-state index contributed by atoms with van der Waals surface area (Å²) in [6.07, 6.45) is 0.0805. The average Bonchev–Trinajstić information content (AvgIpc) is 2.15. The zero-order valence-electron chi connectivity index (χ0n) is 10.3. The van der Waals surface area contributed by atoms with Crippen LogP contribution in [0.2, 0.25) is 0 Å². The average molecular weight is 216 g/mol. The van der Waals surface area contributed by atoms with Gasteiger partial charge in [0.15, 0.2) is 0 Å². The summed E-state index contributed by atoms with van der Waals surface area (Å²) in [6, 6.07) is 0. The number of halogens is 1. The summed E-state index contributed by atoms with van der Waals surface area (Å²) in [5.41, 5.74) is 0.509. The van der Waals surface area contributed by atoms with Gasteiger partial charge in [-0.3, -0.25) is 4.79 Å². The van der Waals surface area contributed by atoms with Crippen LogP contribution < -0.4 is 0 Å². The Bertz CT molecular complexity index is 244. The van der Waals surface area contributed by atoms with Crippen LogP contribution in [0, 0.1) is 5.92 Å². The van der Waals surface area contributed by atoms with Crippen molar-refractivity contribution in [3.05, 3.63) is 11.3 Å². The van der Waals surface area contributed by atoms with Crippen molar-refractivity contribution in [3.63, 3.8) is 0 Å². The van der Waals surface area contributed by atoms with Gasteiger partial charge >= 0.3 is 5.97 Å². The predicted octanol–water partition coefficient (Wildman–Crippen LogP) is 3.62. The van der Waals surface area contributed by atoms with Crippen molar-refractivity contribution in [2.45, 2.75) is 53.6 Å². The van der Waals surface area contributed by atoms with Crippen molar-refractivity contribution in [2.24, 2.45) is 5.92 Å². The lowest BCUT2D eigenvalue weighted by atomic mass is 10.0. The number of hydrogen-bond acceptors (Lipinski definition) is 2. The van der Waals surface area contributed by atoms with E-state index in [2.05, 4.69) is 0 Å². The fourth-order valence-corrected chi connectivity index (χ4v) is 1.20. The molecule has 0 aromatic rings. The first-order chi connectivity index (χ1) is 6.90. The first-order valence-electron chi connectivity index (χ1n) is 5.42. The SMILES string of the molecule is CCCC(=O)O/C(C)=C(\C)C(F)C(C)C. The Morgan fingerprint density at radius 3 is 2.27 bits per heavy atom. The third-order valence-electron chi connectivity index (χ3n) is 2.28. The van der Waals surface area contributed by atoms with Crippen molar-refractivity contribution in [3.8, 4) is 0 Å². The van der Waals surface area contributed by atoms with Crippen LogP contribution in [0.15, 0.2) is 11.3 Å². The molecule has 0 heterocycles. The molecule has 2 nitrogen and oxygen atoms in total. The van der Waals surface area contributed by atoms with Gasteiger partial charge in [-0.2, -0.15) is 0 Å². The second-order valence-electron chi connectivity index (χ2n) is 4.11. The van der Waals surface area contributed by atoms with Gasteiger partial charge in [-0.1, -0.05) is 20.8 Å². The summed E-state index contributed by atoms with van der Waals surface area (Å²) in [5, 5.41) is 0. The molecule has 0 aliphatic rings. The van der Waals surface area contributed by atoms with Crippen LogP contribution in [0.25, 0.3) is 0 Å². The fraction of sp³-hybridized carbons (Fsp3) is 0.750. The third kappa shape index (κ3) is 4.96. The summed E-state index contributed by atoms with van der Waals surface area (Å²) in [7, 11) is 0. The molecule has 15 heavy (non-hydrogen) atoms. The number of carbonyl (C=O) groups is 1. The van der Waals surface area contributed by atoms with E-state index < -0.39 is 6.17 Å². The molecule has 0 radical (unpaired) electrons. The highest BCUT2D eigenvalue weighted by atomic mass is 19.1. The van der Waals surface area contributed by atoms with Crippen LogP contribution in [-0.4, -0.2) is 12.1 Å². The maximum Gasteiger partial charge on any atom is 0.310 e. The normalized spacial score (nSPS) is 14.9. The number of allylic oxidation sites excluding steroid dienone is 2. The molecule has 0 aromatic carbocycles. The minimum Gasteiger partial charge on any atom is -0.431 e. The molecular weight excluding hydrogens is 195 g/mol. The Morgan fingerprint density at radius 2 is 1.87 bits per heavy atom. The summed E-state index contributed by atoms with van der Waals surface area (Å²) < 4.78 is 18.6. The topological polar surface area (TPSA) is 26.3 Å². The summed E-state index contributed by atoms with van der Waals surface area (Å²) in [6.45, 7) is 8.81. The van der Waals surface area contributed by atoms with Crippen LogP contribution in [0.1, 0.15) is 47.5 Å². The van der Waals surface area contributed by atoms with Gasteiger partial charge < -0.3 is 4.74 Å². The molecule has 0 aliphatic heterocycles. The van der Waals surface area contributed by atoms with Gasteiger partial charge in [-0.05, 0) is 31.8 Å². The smallest absolute Gasteiger partial charge is 0.310 e. The molecule has 0 fully saturated rings. The first-order valence-corrected chi connectivity index (χ1v) is 5.42. The number of rotatable bonds is 5. The van der Waals surface area contributed by atoms with Gasteiger partial charge in [0, 0.05) is 6.42 Å². The first kappa shape index (κ1) is 14.1. The van der Waals surface area contributed by atoms with E-state index in [0.717, 1.165) is 6.42 Å². The van der Waals surface area contributed by atoms with E-state index in [1.165, 1.54) is 0 Å². The van der Waals surface area contributed by atoms with Gasteiger partial charge in [-0.15, -0.1) is 0 Å². The molecule has 0 N–H and O–H groups in total. The standard InChI is InChI=1S/C12H21FO2/c1-6-7-11(14)15-10(5)9(4)12(13)8(2)3/h8,12H,6-7H2,1-5H3/b10-9+. The third-order valence-corrected chi connectivity index (χ3v) is 2.28. The molecular formula is C12H21FO2. The van der Waals surface area contributed by atoms with E-state index in [0.29, 0.717) is 17.8 Å². The highest BCUT2D eigenvalue weighted by Crippen LogP contribution is 2.20. The van der Waals surface area contributed by atoms with Gasteiger partial charge in [0.2, 0.25) is 0 Å². The molecule has 0 saturated heterocycles. The number of carbonyl (C=O) groups excluding carboxylic acids is 1. The van der Waals surface area contributed by atoms with Crippen molar-refractivity contribution >= 4 is 5.97 Å². The predicted molar refractivity (Wildman–Crippen MR) is 59.1 cm³/mol. The summed E-state index contributed by atoms with van der Waals surface area (Å²) in [5.74, 6) is 0.0183. The van der Waals surface area contributed by atoms with Crippen LogP contribution in [0.4, 0.5) is 4.39 Å². The minimum atomic E-state index is -1.04. The second-order valence-corrected chi connectivity index (χ2v) is 4.11. The number of hydrogen-bond donors (Lipinski definition) is 0. The van der Waals surface area contributed by atoms with Crippen molar-refractivity contribution in [1.29, 1.82) is 0 Å². The van der Waals surface area contributed by atoms with Crippen molar-refractivity contribution in [2.75, 3.05) is 0 Å². The lowest BCUT2D eigenvalue weighted by molar-refractivity contribution is -0.139. The molecule has 0 rings (SSSR count). The van der Waals surface area contributed by atoms with Crippen LogP contribution in [0.3, 0.4) is 0 Å². The van der Waals surface area contributed by atoms with Gasteiger partial charge in [-0.25, -0.2) is 4.39 Å². The largest absolute Gasteiger partial charge is 0.431 e. The van der Waals surface area contributed by atoms with E-state index >= 15 is 0 Å². The molecule has 1 unspecified atom stereocenters. The van der Waals surface area contributed by atoms with E-state index in [4.69, 9.17) is 4.74 Å². The number of esters is 1. The zero-order valence-corrected chi connectivity index (χ0v) is 10.3. The van der Waals surface area contributed by atoms with Crippen molar-refractivity contribution < 1.29 is 13.9 Å². The second kappa shape index (κ2) is 6.59. The quantitative estimate of drug-likeness (QED) is 0.518. The lowest BCUT2D eigenvalue weighted by Gasteiger charge is -2.15. The summed E-state index contributed by atoms with van der Waals surface area (Å²) in [4.78, 5) is 11.2.